The number of fused-ring (bicyclic) bond motifs is 1. The van der Waals surface area contributed by atoms with Gasteiger partial charge in [-0.15, -0.1) is 0 Å². The molecule has 0 saturated carbocycles. The van der Waals surface area contributed by atoms with Crippen LogP contribution >= 0.6 is 23.2 Å². The molecule has 0 bridgehead atoms. The highest BCUT2D eigenvalue weighted by Crippen LogP contribution is 2.28. The number of aromatic nitrogens is 2. The first-order valence-corrected chi connectivity index (χ1v) is 6.55. The number of carbonyl (C=O) groups excluding carboxylic acids is 1. The highest BCUT2D eigenvalue weighted by molar-refractivity contribution is 6.42. The van der Waals surface area contributed by atoms with Crippen molar-refractivity contribution >= 4 is 40.1 Å². The van der Waals surface area contributed by atoms with Crippen molar-refractivity contribution in [2.24, 2.45) is 5.73 Å². The molecule has 0 atom stereocenters. The Labute approximate surface area is 124 Å². The van der Waals surface area contributed by atoms with E-state index < -0.39 is 5.91 Å². The van der Waals surface area contributed by atoms with E-state index in [1.807, 2.05) is 18.2 Å². The number of primary amides is 1. The summed E-state index contributed by atoms with van der Waals surface area (Å²) in [7, 11) is 0. The molecule has 0 aliphatic rings. The molecule has 0 aliphatic carbocycles. The molecule has 0 saturated heterocycles. The van der Waals surface area contributed by atoms with Gasteiger partial charge in [-0.1, -0.05) is 29.3 Å². The largest absolute Gasteiger partial charge is 0.364 e. The van der Waals surface area contributed by atoms with Crippen LogP contribution in [0.3, 0.4) is 0 Å². The molecule has 1 aromatic carbocycles. The van der Waals surface area contributed by atoms with Crippen LogP contribution in [0.2, 0.25) is 10.0 Å². The standard InChI is InChI=1S/C14H9Cl2N3O/c15-9-3-1-7(5-10(9)16)11-4-2-8-6-12(13(17)20)19-14(8)18-11/h1-6H,(H2,17,20)(H,18,19). The summed E-state index contributed by atoms with van der Waals surface area (Å²) in [5, 5.41) is 1.78. The van der Waals surface area contributed by atoms with Crippen LogP contribution in [0.1, 0.15) is 10.5 Å². The number of rotatable bonds is 2. The zero-order valence-electron chi connectivity index (χ0n) is 10.2. The molecule has 0 aliphatic heterocycles. The Morgan fingerprint density at radius 2 is 1.90 bits per heavy atom. The molecule has 0 unspecified atom stereocenters. The van der Waals surface area contributed by atoms with Gasteiger partial charge in [-0.2, -0.15) is 0 Å². The number of carbonyl (C=O) groups is 1. The van der Waals surface area contributed by atoms with Gasteiger partial charge in [-0.3, -0.25) is 4.79 Å². The molecule has 4 nitrogen and oxygen atoms in total. The lowest BCUT2D eigenvalue weighted by molar-refractivity contribution is 0.0996. The monoisotopic (exact) mass is 305 g/mol. The van der Waals surface area contributed by atoms with Crippen molar-refractivity contribution in [2.75, 3.05) is 0 Å². The van der Waals surface area contributed by atoms with E-state index >= 15 is 0 Å². The van der Waals surface area contributed by atoms with Gasteiger partial charge in [0.1, 0.15) is 11.3 Å². The minimum absolute atomic E-state index is 0.332. The van der Waals surface area contributed by atoms with Crippen LogP contribution in [-0.4, -0.2) is 15.9 Å². The van der Waals surface area contributed by atoms with E-state index in [9.17, 15) is 4.79 Å². The second kappa shape index (κ2) is 4.81. The van der Waals surface area contributed by atoms with E-state index in [2.05, 4.69) is 9.97 Å². The summed E-state index contributed by atoms with van der Waals surface area (Å²) < 4.78 is 0. The first kappa shape index (κ1) is 13.0. The second-order valence-electron chi connectivity index (χ2n) is 4.31. The Hall–Kier alpha value is -2.04. The van der Waals surface area contributed by atoms with Gasteiger partial charge < -0.3 is 10.7 Å². The number of pyridine rings is 1. The lowest BCUT2D eigenvalue weighted by Crippen LogP contribution is -2.10. The van der Waals surface area contributed by atoms with E-state index in [0.717, 1.165) is 16.6 Å². The van der Waals surface area contributed by atoms with Gasteiger partial charge in [0.25, 0.3) is 5.91 Å². The van der Waals surface area contributed by atoms with Crippen LogP contribution in [0.4, 0.5) is 0 Å². The maximum Gasteiger partial charge on any atom is 0.265 e. The highest BCUT2D eigenvalue weighted by atomic mass is 35.5. The highest BCUT2D eigenvalue weighted by Gasteiger charge is 2.09. The van der Waals surface area contributed by atoms with Crippen molar-refractivity contribution in [2.45, 2.75) is 0 Å². The fraction of sp³-hybridized carbons (Fsp3) is 0. The van der Waals surface area contributed by atoms with E-state index in [1.54, 1.807) is 18.2 Å². The Bertz CT molecular complexity index is 826. The normalized spacial score (nSPS) is 10.9. The van der Waals surface area contributed by atoms with Crippen molar-refractivity contribution in [3.8, 4) is 11.3 Å². The number of nitrogens with two attached hydrogens (primary N) is 1. The van der Waals surface area contributed by atoms with Gasteiger partial charge in [0.15, 0.2) is 0 Å². The molecular weight excluding hydrogens is 297 g/mol. The fourth-order valence-corrected chi connectivity index (χ4v) is 2.25. The Balaban J connectivity index is 2.12. The van der Waals surface area contributed by atoms with Crippen LogP contribution in [0.15, 0.2) is 36.4 Å². The summed E-state index contributed by atoms with van der Waals surface area (Å²) >= 11 is 11.9. The average Bonchev–Trinajstić information content (AvgIpc) is 2.85. The summed E-state index contributed by atoms with van der Waals surface area (Å²) in [6.45, 7) is 0. The summed E-state index contributed by atoms with van der Waals surface area (Å²) in [5.41, 5.74) is 7.74. The van der Waals surface area contributed by atoms with Crippen LogP contribution in [0, 0.1) is 0 Å². The van der Waals surface area contributed by atoms with Gasteiger partial charge in [0.05, 0.1) is 15.7 Å². The lowest BCUT2D eigenvalue weighted by Gasteiger charge is -2.03. The number of hydrogen-bond acceptors (Lipinski definition) is 2. The summed E-state index contributed by atoms with van der Waals surface area (Å²) in [6.07, 6.45) is 0. The summed E-state index contributed by atoms with van der Waals surface area (Å²) in [6, 6.07) is 10.7. The molecule has 0 spiro atoms. The van der Waals surface area contributed by atoms with E-state index in [1.165, 1.54) is 0 Å². The number of benzene rings is 1. The maximum atomic E-state index is 11.1. The number of aromatic amines is 1. The third kappa shape index (κ3) is 2.24. The van der Waals surface area contributed by atoms with Crippen molar-refractivity contribution in [1.29, 1.82) is 0 Å². The van der Waals surface area contributed by atoms with Crippen LogP contribution < -0.4 is 5.73 Å². The first-order valence-electron chi connectivity index (χ1n) is 5.79. The zero-order valence-corrected chi connectivity index (χ0v) is 11.7. The lowest BCUT2D eigenvalue weighted by atomic mass is 10.1. The number of hydrogen-bond donors (Lipinski definition) is 2. The predicted octanol–water partition coefficient (Wildman–Crippen LogP) is 3.64. The number of amides is 1. The molecule has 2 aromatic heterocycles. The minimum Gasteiger partial charge on any atom is -0.364 e. The quantitative estimate of drug-likeness (QED) is 0.758. The van der Waals surface area contributed by atoms with Gasteiger partial charge in [-0.05, 0) is 30.3 Å². The van der Waals surface area contributed by atoms with E-state index in [-0.39, 0.29) is 0 Å². The third-order valence-electron chi connectivity index (χ3n) is 2.96. The molecular formula is C14H9Cl2N3O. The van der Waals surface area contributed by atoms with Gasteiger partial charge in [0, 0.05) is 10.9 Å². The molecule has 3 aromatic rings. The molecule has 6 heteroatoms. The Kier molecular flexibility index (Phi) is 3.12. The first-order chi connectivity index (χ1) is 9.54. The van der Waals surface area contributed by atoms with Crippen LogP contribution in [0.5, 0.6) is 0 Å². The fourth-order valence-electron chi connectivity index (χ4n) is 1.95. The third-order valence-corrected chi connectivity index (χ3v) is 3.70. The maximum absolute atomic E-state index is 11.1. The van der Waals surface area contributed by atoms with Gasteiger partial charge in [-0.25, -0.2) is 4.98 Å². The van der Waals surface area contributed by atoms with Crippen LogP contribution in [0.25, 0.3) is 22.3 Å². The van der Waals surface area contributed by atoms with E-state index in [4.69, 9.17) is 28.9 Å². The van der Waals surface area contributed by atoms with Crippen molar-refractivity contribution < 1.29 is 4.79 Å². The molecule has 20 heavy (non-hydrogen) atoms. The minimum atomic E-state index is -0.515. The molecule has 0 fully saturated rings. The predicted molar refractivity (Wildman–Crippen MR) is 80.1 cm³/mol. The number of nitrogens with one attached hydrogen (secondary N) is 1. The molecule has 3 N–H and O–H groups in total. The van der Waals surface area contributed by atoms with Gasteiger partial charge >= 0.3 is 0 Å². The molecule has 3 rings (SSSR count). The van der Waals surface area contributed by atoms with Crippen molar-refractivity contribution in [3.63, 3.8) is 0 Å². The topological polar surface area (TPSA) is 71.8 Å². The van der Waals surface area contributed by atoms with Crippen molar-refractivity contribution in [1.82, 2.24) is 9.97 Å². The average molecular weight is 306 g/mol. The number of H-pyrrole nitrogens is 1. The van der Waals surface area contributed by atoms with Gasteiger partial charge in [0.2, 0.25) is 0 Å². The molecule has 2 heterocycles. The van der Waals surface area contributed by atoms with Crippen molar-refractivity contribution in [3.05, 3.63) is 52.1 Å². The SMILES string of the molecule is NC(=O)c1cc2ccc(-c3ccc(Cl)c(Cl)c3)nc2[nH]1. The molecule has 1 amide bonds. The summed E-state index contributed by atoms with van der Waals surface area (Å²) in [5.74, 6) is -0.515. The number of nitrogens with zero attached hydrogens (tertiary/aromatic N) is 1. The zero-order chi connectivity index (χ0) is 14.3. The Morgan fingerprint density at radius 3 is 2.60 bits per heavy atom. The second-order valence-corrected chi connectivity index (χ2v) is 5.12. The number of halogens is 2. The molecule has 0 radical (unpaired) electrons. The Morgan fingerprint density at radius 1 is 1.10 bits per heavy atom. The van der Waals surface area contributed by atoms with E-state index in [0.29, 0.717) is 21.4 Å². The summed E-state index contributed by atoms with van der Waals surface area (Å²) in [4.78, 5) is 18.5. The van der Waals surface area contributed by atoms with Crippen LogP contribution in [-0.2, 0) is 0 Å². The molecule has 100 valence electrons. The smallest absolute Gasteiger partial charge is 0.265 e.